The number of amides is 1. The molecule has 0 unspecified atom stereocenters. The van der Waals surface area contributed by atoms with Crippen molar-refractivity contribution in [2.24, 2.45) is 0 Å². The van der Waals surface area contributed by atoms with E-state index in [1.807, 2.05) is 38.1 Å². The van der Waals surface area contributed by atoms with Gasteiger partial charge in [-0.1, -0.05) is 59.0 Å². The summed E-state index contributed by atoms with van der Waals surface area (Å²) in [4.78, 5) is 38.8. The van der Waals surface area contributed by atoms with Crippen molar-refractivity contribution in [1.82, 2.24) is 9.55 Å². The van der Waals surface area contributed by atoms with Crippen molar-refractivity contribution in [2.75, 3.05) is 17.3 Å². The largest absolute Gasteiger partial charge is 0.348 e. The number of hydrogen-bond donors (Lipinski definition) is 2. The first-order chi connectivity index (χ1) is 16.4. The lowest BCUT2D eigenvalue weighted by atomic mass is 10.0. The van der Waals surface area contributed by atoms with E-state index >= 15 is 0 Å². The molecule has 1 amide bonds. The third-order valence-electron chi connectivity index (χ3n) is 5.30. The minimum absolute atomic E-state index is 0.0178. The summed E-state index contributed by atoms with van der Waals surface area (Å²) in [7, 11) is 0. The minimum Gasteiger partial charge on any atom is -0.348 e. The van der Waals surface area contributed by atoms with Crippen molar-refractivity contribution < 1.29 is 9.53 Å². The van der Waals surface area contributed by atoms with Crippen LogP contribution in [-0.4, -0.2) is 27.4 Å². The van der Waals surface area contributed by atoms with Gasteiger partial charge in [-0.15, -0.1) is 0 Å². The van der Waals surface area contributed by atoms with Crippen LogP contribution in [0.3, 0.4) is 0 Å². The number of aromatic amines is 1. The molecule has 34 heavy (non-hydrogen) atoms. The van der Waals surface area contributed by atoms with Gasteiger partial charge in [0, 0.05) is 28.9 Å². The number of halogens is 1. The van der Waals surface area contributed by atoms with Crippen LogP contribution in [0.25, 0.3) is 0 Å². The van der Waals surface area contributed by atoms with Crippen LogP contribution in [0.1, 0.15) is 34.9 Å². The molecule has 1 heterocycles. The van der Waals surface area contributed by atoms with E-state index in [-0.39, 0.29) is 30.1 Å². The van der Waals surface area contributed by atoms with Crippen molar-refractivity contribution >= 4 is 27.5 Å². The number of ether oxygens (including phenoxy) is 1. The third-order valence-corrected chi connectivity index (χ3v) is 5.81. The van der Waals surface area contributed by atoms with Crippen LogP contribution in [0.4, 0.5) is 5.69 Å². The Morgan fingerprint density at radius 2 is 1.88 bits per heavy atom. The maximum absolute atomic E-state index is 12.6. The molecule has 0 atom stereocenters. The van der Waals surface area contributed by atoms with Gasteiger partial charge in [0.15, 0.2) is 0 Å². The lowest BCUT2D eigenvalue weighted by Crippen LogP contribution is -2.36. The highest BCUT2D eigenvalue weighted by Crippen LogP contribution is 2.15. The Hall–Kier alpha value is -3.41. The van der Waals surface area contributed by atoms with E-state index in [2.05, 4.69) is 38.1 Å². The number of nitrogens with one attached hydrogen (secondary N) is 2. The molecule has 0 aliphatic rings. The zero-order chi connectivity index (χ0) is 24.5. The van der Waals surface area contributed by atoms with Gasteiger partial charge in [-0.3, -0.25) is 19.1 Å². The van der Waals surface area contributed by atoms with Gasteiger partial charge in [-0.2, -0.15) is 0 Å². The van der Waals surface area contributed by atoms with Crippen LogP contribution in [0.15, 0.2) is 58.1 Å². The van der Waals surface area contributed by atoms with Crippen molar-refractivity contribution in [1.29, 1.82) is 0 Å². The number of carbonyl (C=O) groups excluding carboxylic acids is 1. The molecule has 0 bridgehead atoms. The molecule has 0 aliphatic carbocycles. The third kappa shape index (κ3) is 6.56. The van der Waals surface area contributed by atoms with Crippen molar-refractivity contribution in [3.8, 4) is 11.8 Å². The van der Waals surface area contributed by atoms with Gasteiger partial charge in [-0.05, 0) is 48.7 Å². The van der Waals surface area contributed by atoms with Crippen LogP contribution in [0, 0.1) is 18.8 Å². The van der Waals surface area contributed by atoms with E-state index in [0.29, 0.717) is 29.8 Å². The number of H-pyrrole nitrogens is 1. The highest BCUT2D eigenvalue weighted by molar-refractivity contribution is 9.09. The van der Waals surface area contributed by atoms with E-state index in [0.717, 1.165) is 16.7 Å². The second-order valence-corrected chi connectivity index (χ2v) is 8.17. The molecule has 7 nitrogen and oxygen atoms in total. The summed E-state index contributed by atoms with van der Waals surface area (Å²) in [6, 6.07) is 15.1. The maximum Gasteiger partial charge on any atom is 0.330 e. The molecule has 176 valence electrons. The van der Waals surface area contributed by atoms with Crippen molar-refractivity contribution in [3.05, 3.63) is 97.3 Å². The van der Waals surface area contributed by atoms with Gasteiger partial charge in [0.1, 0.15) is 13.3 Å². The SMILES string of the molecule is CCc1c(Cc2ccccc2C)n(COCC#Cc2ccc(NC(=O)CBr)cc2)c(=O)[nH]c1=O. The number of hydrogen-bond acceptors (Lipinski definition) is 4. The van der Waals surface area contributed by atoms with Crippen LogP contribution >= 0.6 is 15.9 Å². The zero-order valence-corrected chi connectivity index (χ0v) is 20.7. The molecular weight excluding hydrogens is 498 g/mol. The first-order valence-electron chi connectivity index (χ1n) is 10.8. The molecule has 3 rings (SSSR count). The Bertz CT molecular complexity index is 1330. The Balaban J connectivity index is 1.72. The van der Waals surface area contributed by atoms with E-state index in [4.69, 9.17) is 4.74 Å². The van der Waals surface area contributed by atoms with Gasteiger partial charge >= 0.3 is 5.69 Å². The summed E-state index contributed by atoms with van der Waals surface area (Å²) >= 11 is 3.11. The van der Waals surface area contributed by atoms with E-state index < -0.39 is 5.69 Å². The Kier molecular flexibility index (Phi) is 9.02. The molecule has 2 aromatic carbocycles. The molecule has 0 spiro atoms. The van der Waals surface area contributed by atoms with E-state index in [1.165, 1.54) is 4.57 Å². The Labute approximate surface area is 206 Å². The first-order valence-corrected chi connectivity index (χ1v) is 12.0. The predicted octanol–water partition coefficient (Wildman–Crippen LogP) is 3.36. The fourth-order valence-corrected chi connectivity index (χ4v) is 3.65. The molecule has 0 radical (unpaired) electrons. The molecule has 3 aromatic rings. The molecule has 0 fully saturated rings. The molecule has 8 heteroatoms. The van der Waals surface area contributed by atoms with Gasteiger partial charge in [-0.25, -0.2) is 4.79 Å². The average molecular weight is 524 g/mol. The highest BCUT2D eigenvalue weighted by Gasteiger charge is 2.15. The smallest absolute Gasteiger partial charge is 0.330 e. The lowest BCUT2D eigenvalue weighted by Gasteiger charge is -2.16. The summed E-state index contributed by atoms with van der Waals surface area (Å²) in [5, 5.41) is 2.97. The average Bonchev–Trinajstić information content (AvgIpc) is 2.83. The number of rotatable bonds is 8. The number of benzene rings is 2. The van der Waals surface area contributed by atoms with E-state index in [1.54, 1.807) is 24.3 Å². The molecule has 2 N–H and O–H groups in total. The first kappa shape index (κ1) is 25.2. The quantitative estimate of drug-likeness (QED) is 0.269. The standard InChI is InChI=1S/C26H26BrN3O4/c1-3-22-23(15-20-9-5-4-7-18(20)2)30(26(33)29-25(22)32)17-34-14-6-8-19-10-12-21(13-11-19)28-24(31)16-27/h4-5,7,9-13H,3,14-17H2,1-2H3,(H,28,31)(H,29,32,33). The number of aromatic nitrogens is 2. The summed E-state index contributed by atoms with van der Waals surface area (Å²) in [5.41, 5.74) is 3.97. The summed E-state index contributed by atoms with van der Waals surface area (Å²) < 4.78 is 7.13. The zero-order valence-electron chi connectivity index (χ0n) is 19.1. The van der Waals surface area contributed by atoms with Crippen LogP contribution in [0.2, 0.25) is 0 Å². The van der Waals surface area contributed by atoms with Gasteiger partial charge < -0.3 is 10.1 Å². The second kappa shape index (κ2) is 12.2. The highest BCUT2D eigenvalue weighted by atomic mass is 79.9. The maximum atomic E-state index is 12.6. The van der Waals surface area contributed by atoms with E-state index in [9.17, 15) is 14.4 Å². The lowest BCUT2D eigenvalue weighted by molar-refractivity contribution is -0.113. The van der Waals surface area contributed by atoms with Gasteiger partial charge in [0.25, 0.3) is 5.56 Å². The predicted molar refractivity (Wildman–Crippen MR) is 136 cm³/mol. The van der Waals surface area contributed by atoms with Gasteiger partial charge in [0.2, 0.25) is 5.91 Å². The summed E-state index contributed by atoms with van der Waals surface area (Å²) in [6.07, 6.45) is 0.963. The number of anilines is 1. The molecular formula is C26H26BrN3O4. The Morgan fingerprint density at radius 1 is 1.15 bits per heavy atom. The Morgan fingerprint density at radius 3 is 2.56 bits per heavy atom. The summed E-state index contributed by atoms with van der Waals surface area (Å²) in [6.45, 7) is 3.99. The monoisotopic (exact) mass is 523 g/mol. The van der Waals surface area contributed by atoms with Crippen molar-refractivity contribution in [3.63, 3.8) is 0 Å². The van der Waals surface area contributed by atoms with Crippen LogP contribution in [-0.2, 0) is 29.1 Å². The van der Waals surface area contributed by atoms with Crippen LogP contribution in [0.5, 0.6) is 0 Å². The number of alkyl halides is 1. The second-order valence-electron chi connectivity index (χ2n) is 7.61. The number of nitrogens with zero attached hydrogens (tertiary/aromatic N) is 1. The molecule has 1 aromatic heterocycles. The van der Waals surface area contributed by atoms with Gasteiger partial charge in [0.05, 0.1) is 5.33 Å². The molecule has 0 aliphatic heterocycles. The number of aryl methyl sites for hydroxylation is 1. The normalized spacial score (nSPS) is 10.4. The minimum atomic E-state index is -0.500. The van der Waals surface area contributed by atoms with Crippen molar-refractivity contribution in [2.45, 2.75) is 33.4 Å². The molecule has 0 saturated carbocycles. The molecule has 0 saturated heterocycles. The fourth-order valence-electron chi connectivity index (χ4n) is 3.51. The topological polar surface area (TPSA) is 93.2 Å². The van der Waals surface area contributed by atoms with Crippen LogP contribution < -0.4 is 16.6 Å². The summed E-state index contributed by atoms with van der Waals surface area (Å²) in [5.74, 6) is 5.79. The fraction of sp³-hybridized carbons (Fsp3) is 0.269. The number of carbonyl (C=O) groups is 1.